The van der Waals surface area contributed by atoms with Gasteiger partial charge in [0.2, 0.25) is 0 Å². The number of alkyl halides is 3. The molecule has 0 radical (unpaired) electrons. The van der Waals surface area contributed by atoms with Crippen molar-refractivity contribution in [1.29, 1.82) is 0 Å². The highest BCUT2D eigenvalue weighted by atomic mass is 35.5. The number of thioether (sulfide) groups is 1. The van der Waals surface area contributed by atoms with Crippen LogP contribution in [0.3, 0.4) is 0 Å². The molecule has 59 heavy (non-hydrogen) atoms. The number of halogens is 4. The summed E-state index contributed by atoms with van der Waals surface area (Å²) in [5.41, 5.74) is -1.21. The van der Waals surface area contributed by atoms with Gasteiger partial charge in [0.15, 0.2) is 0 Å². The number of sulfonamides is 1. The molecule has 2 N–H and O–H groups in total. The number of anilines is 2. The molecular weight excluding hydrogens is 841 g/mol. The molecule has 5 aromatic rings. The van der Waals surface area contributed by atoms with Gasteiger partial charge in [-0.2, -0.15) is 13.2 Å². The van der Waals surface area contributed by atoms with Gasteiger partial charge in [-0.25, -0.2) is 26.8 Å². The third kappa shape index (κ3) is 10.1. The molecule has 0 bridgehead atoms. The summed E-state index contributed by atoms with van der Waals surface area (Å²) < 4.78 is 97.7. The van der Waals surface area contributed by atoms with Crippen LogP contribution in [-0.2, 0) is 39.4 Å². The summed E-state index contributed by atoms with van der Waals surface area (Å²) in [5.74, 6) is 0.430. The van der Waals surface area contributed by atoms with Crippen LogP contribution in [0.4, 0.5) is 24.7 Å². The number of rotatable bonds is 14. The maximum Gasteiger partial charge on any atom is 0.501 e. The molecule has 0 unspecified atom stereocenters. The smallest absolute Gasteiger partial charge is 0.380 e. The van der Waals surface area contributed by atoms with E-state index in [1.54, 1.807) is 0 Å². The van der Waals surface area contributed by atoms with Crippen molar-refractivity contribution in [3.05, 3.63) is 125 Å². The van der Waals surface area contributed by atoms with Crippen LogP contribution >= 0.6 is 23.4 Å². The highest BCUT2D eigenvalue weighted by Gasteiger charge is 2.48. The van der Waals surface area contributed by atoms with Crippen LogP contribution in [0.5, 0.6) is 0 Å². The molecule has 7 rings (SSSR count). The quantitative estimate of drug-likeness (QED) is 0.105. The van der Waals surface area contributed by atoms with Gasteiger partial charge in [0.25, 0.3) is 19.9 Å². The van der Waals surface area contributed by atoms with E-state index in [9.17, 15) is 30.0 Å². The molecule has 312 valence electrons. The van der Waals surface area contributed by atoms with E-state index in [1.807, 2.05) is 67.6 Å². The average Bonchev–Trinajstić information content (AvgIpc) is 3.23. The number of likely N-dealkylation sites (tertiary alicyclic amines) is 1. The molecule has 0 aliphatic carbocycles. The van der Waals surface area contributed by atoms with E-state index in [2.05, 4.69) is 48.0 Å². The van der Waals surface area contributed by atoms with Crippen molar-refractivity contribution in [1.82, 2.24) is 19.8 Å². The van der Waals surface area contributed by atoms with Crippen LogP contribution in [0.15, 0.2) is 118 Å². The lowest BCUT2D eigenvalue weighted by Crippen LogP contribution is -2.46. The molecular formula is C42H44ClF3N6O4S3. The first-order valence-corrected chi connectivity index (χ1v) is 23.6. The van der Waals surface area contributed by atoms with E-state index in [4.69, 9.17) is 11.6 Å². The van der Waals surface area contributed by atoms with E-state index in [1.165, 1.54) is 29.2 Å². The molecule has 2 aliphatic rings. The van der Waals surface area contributed by atoms with Crippen molar-refractivity contribution < 1.29 is 30.0 Å². The lowest BCUT2D eigenvalue weighted by atomic mass is 9.96. The Labute approximate surface area is 352 Å². The number of piperidine rings is 1. The van der Waals surface area contributed by atoms with E-state index in [-0.39, 0.29) is 11.5 Å². The first kappa shape index (κ1) is 42.9. The Morgan fingerprint density at radius 1 is 0.898 bits per heavy atom. The number of hydrogen-bond donors (Lipinski definition) is 2. The molecule has 1 aromatic heterocycles. The Kier molecular flexibility index (Phi) is 13.2. The summed E-state index contributed by atoms with van der Waals surface area (Å²) in [6.07, 6.45) is 4.05. The Bertz CT molecular complexity index is 2470. The van der Waals surface area contributed by atoms with Crippen molar-refractivity contribution in [2.45, 2.75) is 78.0 Å². The molecule has 3 heterocycles. The van der Waals surface area contributed by atoms with Gasteiger partial charge in [0, 0.05) is 53.0 Å². The Morgan fingerprint density at radius 2 is 1.61 bits per heavy atom. The number of sulfone groups is 1. The monoisotopic (exact) mass is 884 g/mol. The number of fused-ring (bicyclic) bond motifs is 1. The largest absolute Gasteiger partial charge is 0.501 e. The Balaban J connectivity index is 1.02. The average molecular weight is 886 g/mol. The summed E-state index contributed by atoms with van der Waals surface area (Å²) in [4.78, 5) is 12.6. The zero-order valence-corrected chi connectivity index (χ0v) is 35.4. The maximum atomic E-state index is 14.0. The number of hydrogen-bond acceptors (Lipinski definition) is 10. The fraction of sp³-hybridized carbons (Fsp3) is 0.333. The normalized spacial score (nSPS) is 16.4. The first-order valence-electron chi connectivity index (χ1n) is 19.3. The minimum Gasteiger partial charge on any atom is -0.380 e. The molecule has 4 aromatic carbocycles. The molecule has 10 nitrogen and oxygen atoms in total. The summed E-state index contributed by atoms with van der Waals surface area (Å²) >= 11 is 7.59. The van der Waals surface area contributed by atoms with Gasteiger partial charge in [-0.1, -0.05) is 73.1 Å². The van der Waals surface area contributed by atoms with Gasteiger partial charge in [-0.05, 0) is 97.9 Å². The fourth-order valence-electron chi connectivity index (χ4n) is 7.54. The molecule has 0 spiro atoms. The minimum absolute atomic E-state index is 0.00948. The standard InChI is InChI=1S/C42H44ClF3N6O4S3/c1-2-32(27-57-34-9-4-3-5-10-34)49-38-17-16-35(24-40(38)58(53,54)42(44,45)46)59(55,56)50-41-37-20-23-52(26-39(37)47-28-48-41)33-18-21-51(22-19-33)25-30-8-6-7-11-36(30)29-12-14-31(43)15-13-29/h3-17,24,28,32-33,49H,2,18-23,25-27H2,1H3,(H,47,48,50)/t32-/m1/s1. The first-order chi connectivity index (χ1) is 28.2. The third-order valence-electron chi connectivity index (χ3n) is 10.8. The second-order valence-corrected chi connectivity index (χ2v) is 19.7. The summed E-state index contributed by atoms with van der Waals surface area (Å²) in [7, 11) is -10.5. The van der Waals surface area contributed by atoms with Crippen molar-refractivity contribution in [2.75, 3.05) is 35.4 Å². The molecule has 2 aliphatic heterocycles. The molecule has 1 atom stereocenters. The second-order valence-electron chi connectivity index (χ2n) is 14.6. The van der Waals surface area contributed by atoms with Gasteiger partial charge in [0.1, 0.15) is 17.0 Å². The van der Waals surface area contributed by atoms with Crippen molar-refractivity contribution >= 4 is 54.7 Å². The van der Waals surface area contributed by atoms with Crippen LogP contribution < -0.4 is 10.0 Å². The van der Waals surface area contributed by atoms with Crippen molar-refractivity contribution in [3.8, 4) is 11.1 Å². The Morgan fingerprint density at radius 3 is 2.32 bits per heavy atom. The van der Waals surface area contributed by atoms with Gasteiger partial charge in [0.05, 0.1) is 16.3 Å². The number of nitrogens with one attached hydrogen (secondary N) is 2. The fourth-order valence-corrected chi connectivity index (χ4v) is 10.8. The number of benzene rings is 4. The van der Waals surface area contributed by atoms with Crippen LogP contribution in [0.2, 0.25) is 5.02 Å². The highest BCUT2D eigenvalue weighted by Crippen LogP contribution is 2.37. The van der Waals surface area contributed by atoms with Crippen LogP contribution in [0, 0.1) is 0 Å². The summed E-state index contributed by atoms with van der Waals surface area (Å²) in [5, 5.41) is 3.62. The summed E-state index contributed by atoms with van der Waals surface area (Å²) in [6.45, 7) is 5.57. The molecule has 0 saturated carbocycles. The SMILES string of the molecule is CC[C@H](CSc1ccccc1)Nc1ccc(S(=O)(=O)Nc2ncnc3c2CCN(C2CCN(Cc4ccccc4-c4ccc(Cl)cc4)CC2)C3)cc1S(=O)(=O)C(F)(F)F. The molecule has 1 fully saturated rings. The molecule has 1 saturated heterocycles. The van der Waals surface area contributed by atoms with E-state index >= 15 is 0 Å². The number of aromatic nitrogens is 2. The zero-order chi connectivity index (χ0) is 41.8. The maximum absolute atomic E-state index is 14.0. The third-order valence-corrected chi connectivity index (χ3v) is 15.1. The Hall–Kier alpha value is -4.19. The van der Waals surface area contributed by atoms with Crippen LogP contribution in [0.1, 0.15) is 43.0 Å². The minimum atomic E-state index is -5.95. The molecule has 0 amide bonds. The lowest BCUT2D eigenvalue weighted by molar-refractivity contribution is -0.0435. The van der Waals surface area contributed by atoms with Crippen LogP contribution in [-0.4, -0.2) is 79.6 Å². The van der Waals surface area contributed by atoms with Crippen LogP contribution in [0.25, 0.3) is 11.1 Å². The molecule has 17 heteroatoms. The predicted molar refractivity (Wildman–Crippen MR) is 227 cm³/mol. The number of nitrogens with zero attached hydrogens (tertiary/aromatic N) is 4. The zero-order valence-electron chi connectivity index (χ0n) is 32.2. The predicted octanol–water partition coefficient (Wildman–Crippen LogP) is 8.90. The van der Waals surface area contributed by atoms with Gasteiger partial charge in [-0.3, -0.25) is 14.5 Å². The van der Waals surface area contributed by atoms with E-state index < -0.39 is 41.2 Å². The van der Waals surface area contributed by atoms with Crippen molar-refractivity contribution in [3.63, 3.8) is 0 Å². The van der Waals surface area contributed by atoms with Crippen molar-refractivity contribution in [2.24, 2.45) is 0 Å². The van der Waals surface area contributed by atoms with Gasteiger partial charge < -0.3 is 5.32 Å². The second kappa shape index (κ2) is 18.2. The topological polar surface area (TPSA) is 125 Å². The van der Waals surface area contributed by atoms with Gasteiger partial charge >= 0.3 is 5.51 Å². The summed E-state index contributed by atoms with van der Waals surface area (Å²) in [6, 6.07) is 28.2. The lowest BCUT2D eigenvalue weighted by Gasteiger charge is -2.40. The van der Waals surface area contributed by atoms with E-state index in [0.717, 1.165) is 55.1 Å². The van der Waals surface area contributed by atoms with Gasteiger partial charge in [-0.15, -0.1) is 11.8 Å². The van der Waals surface area contributed by atoms with E-state index in [0.29, 0.717) is 60.1 Å². The highest BCUT2D eigenvalue weighted by molar-refractivity contribution is 7.99.